The van der Waals surface area contributed by atoms with Crippen molar-refractivity contribution in [3.63, 3.8) is 0 Å². The highest BCUT2D eigenvalue weighted by molar-refractivity contribution is 5.41. The van der Waals surface area contributed by atoms with Crippen molar-refractivity contribution < 1.29 is 0 Å². The molecule has 0 fully saturated rings. The molecule has 3 heteroatoms. The van der Waals surface area contributed by atoms with Crippen molar-refractivity contribution in [1.82, 2.24) is 9.55 Å². The maximum absolute atomic E-state index is 6.27. The van der Waals surface area contributed by atoms with Crippen LogP contribution < -0.4 is 5.73 Å². The number of nitrogens with zero attached hydrogens (tertiary/aromatic N) is 2. The standard InChI is InChI=1S/C14H27N3/c1-6-8-11(5)13-14(15)17(10(3)4)12(16-13)9-7-2/h10-11H,6-9,15H2,1-5H3. The Kier molecular flexibility index (Phi) is 5.03. The van der Waals surface area contributed by atoms with Crippen molar-refractivity contribution in [2.75, 3.05) is 5.73 Å². The molecule has 0 bridgehead atoms. The molecule has 0 saturated heterocycles. The lowest BCUT2D eigenvalue weighted by molar-refractivity contribution is 0.571. The molecule has 1 rings (SSSR count). The van der Waals surface area contributed by atoms with Gasteiger partial charge in [-0.2, -0.15) is 0 Å². The predicted molar refractivity (Wildman–Crippen MR) is 74.3 cm³/mol. The molecule has 0 aliphatic heterocycles. The van der Waals surface area contributed by atoms with E-state index in [2.05, 4.69) is 39.2 Å². The third kappa shape index (κ3) is 3.02. The Bertz CT molecular complexity index is 353. The smallest absolute Gasteiger partial charge is 0.127 e. The molecule has 0 saturated carbocycles. The van der Waals surface area contributed by atoms with Crippen molar-refractivity contribution in [2.45, 2.75) is 72.3 Å². The minimum absolute atomic E-state index is 0.395. The number of anilines is 1. The highest BCUT2D eigenvalue weighted by Gasteiger charge is 2.19. The SMILES string of the molecule is CCCc1nc(C(C)CCC)c(N)n1C(C)C. The quantitative estimate of drug-likeness (QED) is 0.815. The number of hydrogen-bond acceptors (Lipinski definition) is 2. The van der Waals surface area contributed by atoms with Crippen LogP contribution in [0, 0.1) is 0 Å². The molecule has 1 atom stereocenters. The summed E-state index contributed by atoms with van der Waals surface area (Å²) >= 11 is 0. The molecule has 98 valence electrons. The van der Waals surface area contributed by atoms with E-state index in [1.807, 2.05) is 0 Å². The summed E-state index contributed by atoms with van der Waals surface area (Å²) in [5.74, 6) is 2.50. The molecule has 0 aliphatic rings. The zero-order valence-corrected chi connectivity index (χ0v) is 12.0. The Morgan fingerprint density at radius 1 is 1.18 bits per heavy atom. The zero-order valence-electron chi connectivity index (χ0n) is 12.0. The average Bonchev–Trinajstić information content (AvgIpc) is 2.56. The van der Waals surface area contributed by atoms with Gasteiger partial charge in [0, 0.05) is 18.4 Å². The van der Waals surface area contributed by atoms with E-state index in [1.54, 1.807) is 0 Å². The lowest BCUT2D eigenvalue weighted by Crippen LogP contribution is -2.10. The van der Waals surface area contributed by atoms with Crippen LogP contribution in [0.25, 0.3) is 0 Å². The van der Waals surface area contributed by atoms with Crippen molar-refractivity contribution in [1.29, 1.82) is 0 Å². The molecular formula is C14H27N3. The first-order valence-electron chi connectivity index (χ1n) is 6.89. The van der Waals surface area contributed by atoms with Crippen molar-refractivity contribution in [3.05, 3.63) is 11.5 Å². The van der Waals surface area contributed by atoms with Gasteiger partial charge in [-0.1, -0.05) is 27.2 Å². The highest BCUT2D eigenvalue weighted by Crippen LogP contribution is 2.29. The van der Waals surface area contributed by atoms with Crippen LogP contribution in [-0.4, -0.2) is 9.55 Å². The van der Waals surface area contributed by atoms with E-state index < -0.39 is 0 Å². The minimum Gasteiger partial charge on any atom is -0.384 e. The Morgan fingerprint density at radius 2 is 1.82 bits per heavy atom. The van der Waals surface area contributed by atoms with Crippen LogP contribution in [0.4, 0.5) is 5.82 Å². The van der Waals surface area contributed by atoms with Crippen LogP contribution in [0.15, 0.2) is 0 Å². The Balaban J connectivity index is 3.11. The summed E-state index contributed by atoms with van der Waals surface area (Å²) in [5, 5.41) is 0. The number of aromatic nitrogens is 2. The Morgan fingerprint density at radius 3 is 2.29 bits per heavy atom. The molecule has 0 amide bonds. The first-order valence-corrected chi connectivity index (χ1v) is 6.89. The van der Waals surface area contributed by atoms with E-state index in [-0.39, 0.29) is 0 Å². The molecule has 0 aromatic carbocycles. The summed E-state index contributed by atoms with van der Waals surface area (Å²) < 4.78 is 2.20. The van der Waals surface area contributed by atoms with Gasteiger partial charge in [0.2, 0.25) is 0 Å². The zero-order chi connectivity index (χ0) is 13.0. The van der Waals surface area contributed by atoms with Gasteiger partial charge in [-0.15, -0.1) is 0 Å². The fourth-order valence-corrected chi connectivity index (χ4v) is 2.42. The first-order chi connectivity index (χ1) is 8.02. The number of nitrogens with two attached hydrogens (primary N) is 1. The molecule has 0 aliphatic carbocycles. The molecular weight excluding hydrogens is 210 g/mol. The molecule has 0 radical (unpaired) electrons. The van der Waals surface area contributed by atoms with E-state index >= 15 is 0 Å². The van der Waals surface area contributed by atoms with Crippen LogP contribution in [0.3, 0.4) is 0 Å². The van der Waals surface area contributed by atoms with Gasteiger partial charge in [-0.05, 0) is 26.7 Å². The second-order valence-electron chi connectivity index (χ2n) is 5.20. The van der Waals surface area contributed by atoms with Gasteiger partial charge < -0.3 is 10.3 Å². The van der Waals surface area contributed by atoms with Crippen LogP contribution in [0.5, 0.6) is 0 Å². The summed E-state index contributed by atoms with van der Waals surface area (Å²) in [6.45, 7) is 11.0. The van der Waals surface area contributed by atoms with Crippen molar-refractivity contribution >= 4 is 5.82 Å². The number of hydrogen-bond donors (Lipinski definition) is 1. The molecule has 17 heavy (non-hydrogen) atoms. The van der Waals surface area contributed by atoms with E-state index in [4.69, 9.17) is 10.7 Å². The molecule has 3 nitrogen and oxygen atoms in total. The summed E-state index contributed by atoms with van der Waals surface area (Å²) in [4.78, 5) is 4.78. The lowest BCUT2D eigenvalue weighted by atomic mass is 10.0. The third-order valence-corrected chi connectivity index (χ3v) is 3.23. The lowest BCUT2D eigenvalue weighted by Gasteiger charge is -2.14. The summed E-state index contributed by atoms with van der Waals surface area (Å²) in [7, 11) is 0. The minimum atomic E-state index is 0.395. The molecule has 1 unspecified atom stereocenters. The van der Waals surface area contributed by atoms with Crippen LogP contribution >= 0.6 is 0 Å². The third-order valence-electron chi connectivity index (χ3n) is 3.23. The highest BCUT2D eigenvalue weighted by atomic mass is 15.2. The maximum atomic E-state index is 6.27. The summed E-state index contributed by atoms with van der Waals surface area (Å²) in [6.07, 6.45) is 4.47. The molecule has 1 aromatic rings. The number of aryl methyl sites for hydroxylation is 1. The van der Waals surface area contributed by atoms with Gasteiger partial charge in [0.15, 0.2) is 0 Å². The second kappa shape index (κ2) is 6.08. The van der Waals surface area contributed by atoms with Crippen LogP contribution in [0.2, 0.25) is 0 Å². The number of rotatable bonds is 6. The van der Waals surface area contributed by atoms with Crippen molar-refractivity contribution in [3.8, 4) is 0 Å². The second-order valence-corrected chi connectivity index (χ2v) is 5.20. The van der Waals surface area contributed by atoms with Gasteiger partial charge in [0.1, 0.15) is 11.6 Å². The Hall–Kier alpha value is -0.990. The van der Waals surface area contributed by atoms with Gasteiger partial charge >= 0.3 is 0 Å². The normalized spacial score (nSPS) is 13.3. The average molecular weight is 237 g/mol. The van der Waals surface area contributed by atoms with Gasteiger partial charge in [-0.3, -0.25) is 0 Å². The number of nitrogen functional groups attached to an aromatic ring is 1. The molecule has 1 heterocycles. The fraction of sp³-hybridized carbons (Fsp3) is 0.786. The van der Waals surface area contributed by atoms with Crippen LogP contribution in [0.1, 0.15) is 77.4 Å². The van der Waals surface area contributed by atoms with Gasteiger partial charge in [-0.25, -0.2) is 4.98 Å². The monoisotopic (exact) mass is 237 g/mol. The summed E-state index contributed by atoms with van der Waals surface area (Å²) in [6, 6.07) is 0.395. The molecule has 1 aromatic heterocycles. The topological polar surface area (TPSA) is 43.8 Å². The van der Waals surface area contributed by atoms with Gasteiger partial charge in [0.25, 0.3) is 0 Å². The van der Waals surface area contributed by atoms with E-state index in [1.165, 1.54) is 6.42 Å². The van der Waals surface area contributed by atoms with Crippen LogP contribution in [-0.2, 0) is 6.42 Å². The Labute approximate surface area is 105 Å². The fourth-order valence-electron chi connectivity index (χ4n) is 2.42. The summed E-state index contributed by atoms with van der Waals surface area (Å²) in [5.41, 5.74) is 7.37. The van der Waals surface area contributed by atoms with Crippen molar-refractivity contribution in [2.24, 2.45) is 0 Å². The number of imidazole rings is 1. The van der Waals surface area contributed by atoms with Gasteiger partial charge in [0.05, 0.1) is 5.69 Å². The molecule has 0 spiro atoms. The van der Waals surface area contributed by atoms with E-state index in [0.29, 0.717) is 12.0 Å². The van der Waals surface area contributed by atoms with E-state index in [9.17, 15) is 0 Å². The first kappa shape index (κ1) is 14.1. The van der Waals surface area contributed by atoms with E-state index in [0.717, 1.165) is 36.6 Å². The maximum Gasteiger partial charge on any atom is 0.127 e. The molecule has 2 N–H and O–H groups in total. The predicted octanol–water partition coefficient (Wildman–Crippen LogP) is 3.90. The largest absolute Gasteiger partial charge is 0.384 e.